The molecule has 1 amide bonds. The zero-order valence-electron chi connectivity index (χ0n) is 13.4. The minimum Gasteiger partial charge on any atom is -0.384 e. The van der Waals surface area contributed by atoms with Crippen molar-refractivity contribution in [3.05, 3.63) is 47.7 Å². The fourth-order valence-electron chi connectivity index (χ4n) is 2.29. The van der Waals surface area contributed by atoms with Crippen molar-refractivity contribution < 1.29 is 4.79 Å². The molecule has 22 heavy (non-hydrogen) atoms. The average Bonchev–Trinajstić information content (AvgIpc) is 2.47. The van der Waals surface area contributed by atoms with Crippen LogP contribution in [0.1, 0.15) is 36.3 Å². The molecule has 3 N–H and O–H groups in total. The lowest BCUT2D eigenvalue weighted by Gasteiger charge is -2.10. The molecule has 2 aromatic rings. The van der Waals surface area contributed by atoms with E-state index in [9.17, 15) is 4.79 Å². The second-order valence-corrected chi connectivity index (χ2v) is 5.89. The van der Waals surface area contributed by atoms with Gasteiger partial charge < -0.3 is 11.1 Å². The van der Waals surface area contributed by atoms with E-state index in [0.717, 1.165) is 23.2 Å². The Balaban J connectivity index is 2.17. The number of aryl methyl sites for hydroxylation is 1. The standard InChI is InChI=1S/C18H23N3O/c1-12(2)9-10-20-18(22)15-6-4-5-14(11-15)16-7-8-17(19)21-13(16)3/h4-8,11-12H,9-10H2,1-3H3,(H2,19,21)(H,20,22). The molecule has 0 unspecified atom stereocenters. The first-order valence-corrected chi connectivity index (χ1v) is 7.59. The number of carbonyl (C=O) groups excluding carboxylic acids is 1. The van der Waals surface area contributed by atoms with Gasteiger partial charge in [-0.15, -0.1) is 0 Å². The van der Waals surface area contributed by atoms with Crippen molar-refractivity contribution in [2.75, 3.05) is 12.3 Å². The summed E-state index contributed by atoms with van der Waals surface area (Å²) in [5.41, 5.74) is 9.18. The van der Waals surface area contributed by atoms with Gasteiger partial charge in [0.1, 0.15) is 5.82 Å². The van der Waals surface area contributed by atoms with Crippen LogP contribution in [0.3, 0.4) is 0 Å². The Morgan fingerprint density at radius 2 is 2.05 bits per heavy atom. The molecule has 116 valence electrons. The summed E-state index contributed by atoms with van der Waals surface area (Å²) in [6, 6.07) is 11.3. The van der Waals surface area contributed by atoms with Crippen LogP contribution < -0.4 is 11.1 Å². The minimum absolute atomic E-state index is 0.0384. The van der Waals surface area contributed by atoms with E-state index in [-0.39, 0.29) is 5.91 Å². The second kappa shape index (κ2) is 7.07. The van der Waals surface area contributed by atoms with Crippen LogP contribution in [0.5, 0.6) is 0 Å². The molecule has 1 heterocycles. The van der Waals surface area contributed by atoms with Gasteiger partial charge >= 0.3 is 0 Å². The summed E-state index contributed by atoms with van der Waals surface area (Å²) in [5, 5.41) is 2.96. The fraction of sp³-hybridized carbons (Fsp3) is 0.333. The largest absolute Gasteiger partial charge is 0.384 e. The normalized spacial score (nSPS) is 10.7. The summed E-state index contributed by atoms with van der Waals surface area (Å²) in [7, 11) is 0. The van der Waals surface area contributed by atoms with E-state index in [0.29, 0.717) is 23.8 Å². The predicted octanol–water partition coefficient (Wildman–Crippen LogP) is 3.42. The number of aromatic nitrogens is 1. The Morgan fingerprint density at radius 1 is 1.27 bits per heavy atom. The first-order valence-electron chi connectivity index (χ1n) is 7.59. The number of carbonyl (C=O) groups is 1. The van der Waals surface area contributed by atoms with Crippen LogP contribution in [-0.4, -0.2) is 17.4 Å². The molecular weight excluding hydrogens is 274 g/mol. The molecule has 0 spiro atoms. The summed E-state index contributed by atoms with van der Waals surface area (Å²) in [4.78, 5) is 16.5. The number of hydrogen-bond donors (Lipinski definition) is 2. The monoisotopic (exact) mass is 297 g/mol. The van der Waals surface area contributed by atoms with Gasteiger partial charge in [0.15, 0.2) is 0 Å². The number of nitrogens with zero attached hydrogens (tertiary/aromatic N) is 1. The third-order valence-corrected chi connectivity index (χ3v) is 3.55. The van der Waals surface area contributed by atoms with Crippen LogP contribution in [0, 0.1) is 12.8 Å². The molecule has 4 heteroatoms. The molecule has 1 aromatic heterocycles. The highest BCUT2D eigenvalue weighted by Gasteiger charge is 2.09. The van der Waals surface area contributed by atoms with Crippen molar-refractivity contribution in [2.24, 2.45) is 5.92 Å². The Hall–Kier alpha value is -2.36. The van der Waals surface area contributed by atoms with E-state index in [1.54, 1.807) is 6.07 Å². The molecule has 1 aromatic carbocycles. The molecular formula is C18H23N3O. The lowest BCUT2D eigenvalue weighted by Crippen LogP contribution is -2.25. The van der Waals surface area contributed by atoms with Crippen LogP contribution in [0.25, 0.3) is 11.1 Å². The molecule has 0 saturated carbocycles. The first-order chi connectivity index (χ1) is 10.5. The Labute approximate surface area is 131 Å². The summed E-state index contributed by atoms with van der Waals surface area (Å²) >= 11 is 0. The number of hydrogen-bond acceptors (Lipinski definition) is 3. The van der Waals surface area contributed by atoms with Gasteiger partial charge in [-0.05, 0) is 49.1 Å². The molecule has 0 bridgehead atoms. The van der Waals surface area contributed by atoms with Gasteiger partial charge in [0, 0.05) is 23.4 Å². The Morgan fingerprint density at radius 3 is 2.73 bits per heavy atom. The number of anilines is 1. The molecule has 2 rings (SSSR count). The lowest BCUT2D eigenvalue weighted by atomic mass is 10.0. The molecule has 0 atom stereocenters. The highest BCUT2D eigenvalue weighted by atomic mass is 16.1. The van der Waals surface area contributed by atoms with Crippen molar-refractivity contribution in [3.63, 3.8) is 0 Å². The molecule has 0 aliphatic heterocycles. The topological polar surface area (TPSA) is 68.0 Å². The van der Waals surface area contributed by atoms with E-state index in [2.05, 4.69) is 24.1 Å². The van der Waals surface area contributed by atoms with Gasteiger partial charge in [0.25, 0.3) is 5.91 Å². The van der Waals surface area contributed by atoms with Crippen molar-refractivity contribution in [1.82, 2.24) is 10.3 Å². The number of nitrogens with one attached hydrogen (secondary N) is 1. The van der Waals surface area contributed by atoms with E-state index in [4.69, 9.17) is 5.73 Å². The van der Waals surface area contributed by atoms with Gasteiger partial charge in [0.2, 0.25) is 0 Å². The lowest BCUT2D eigenvalue weighted by molar-refractivity contribution is 0.0952. The van der Waals surface area contributed by atoms with Crippen LogP contribution >= 0.6 is 0 Å². The smallest absolute Gasteiger partial charge is 0.251 e. The highest BCUT2D eigenvalue weighted by Crippen LogP contribution is 2.24. The average molecular weight is 297 g/mol. The SMILES string of the molecule is Cc1nc(N)ccc1-c1cccc(C(=O)NCCC(C)C)c1. The third-order valence-electron chi connectivity index (χ3n) is 3.55. The molecule has 0 fully saturated rings. The van der Waals surface area contributed by atoms with Gasteiger partial charge in [-0.25, -0.2) is 4.98 Å². The number of nitrogen functional groups attached to an aromatic ring is 1. The van der Waals surface area contributed by atoms with Crippen molar-refractivity contribution >= 4 is 11.7 Å². The highest BCUT2D eigenvalue weighted by molar-refractivity contribution is 5.95. The van der Waals surface area contributed by atoms with E-state index in [1.807, 2.05) is 37.3 Å². The summed E-state index contributed by atoms with van der Waals surface area (Å²) in [6.45, 7) is 6.90. The fourth-order valence-corrected chi connectivity index (χ4v) is 2.29. The van der Waals surface area contributed by atoms with Gasteiger partial charge in [-0.1, -0.05) is 26.0 Å². The number of amides is 1. The molecule has 4 nitrogen and oxygen atoms in total. The molecule has 0 radical (unpaired) electrons. The zero-order chi connectivity index (χ0) is 16.1. The molecule has 0 aliphatic rings. The van der Waals surface area contributed by atoms with Crippen LogP contribution in [0.4, 0.5) is 5.82 Å². The van der Waals surface area contributed by atoms with Gasteiger partial charge in [-0.2, -0.15) is 0 Å². The maximum absolute atomic E-state index is 12.2. The third kappa shape index (κ3) is 4.07. The number of nitrogens with two attached hydrogens (primary N) is 1. The first kappa shape index (κ1) is 16.0. The zero-order valence-corrected chi connectivity index (χ0v) is 13.4. The number of benzene rings is 1. The second-order valence-electron chi connectivity index (χ2n) is 5.89. The van der Waals surface area contributed by atoms with E-state index < -0.39 is 0 Å². The maximum Gasteiger partial charge on any atom is 0.251 e. The quantitative estimate of drug-likeness (QED) is 0.888. The Kier molecular flexibility index (Phi) is 5.15. The van der Waals surface area contributed by atoms with Gasteiger partial charge in [0.05, 0.1) is 0 Å². The molecule has 0 aliphatic carbocycles. The van der Waals surface area contributed by atoms with Crippen LogP contribution in [-0.2, 0) is 0 Å². The Bertz CT molecular complexity index is 665. The number of pyridine rings is 1. The minimum atomic E-state index is -0.0384. The summed E-state index contributed by atoms with van der Waals surface area (Å²) < 4.78 is 0. The summed E-state index contributed by atoms with van der Waals surface area (Å²) in [5.74, 6) is 1.04. The van der Waals surface area contributed by atoms with Crippen molar-refractivity contribution in [1.29, 1.82) is 0 Å². The maximum atomic E-state index is 12.2. The number of rotatable bonds is 5. The molecule has 0 saturated heterocycles. The van der Waals surface area contributed by atoms with E-state index in [1.165, 1.54) is 0 Å². The van der Waals surface area contributed by atoms with Gasteiger partial charge in [-0.3, -0.25) is 4.79 Å². The van der Waals surface area contributed by atoms with Crippen molar-refractivity contribution in [3.8, 4) is 11.1 Å². The van der Waals surface area contributed by atoms with Crippen LogP contribution in [0.15, 0.2) is 36.4 Å². The van der Waals surface area contributed by atoms with E-state index >= 15 is 0 Å². The summed E-state index contributed by atoms with van der Waals surface area (Å²) in [6.07, 6.45) is 0.979. The van der Waals surface area contributed by atoms with Crippen molar-refractivity contribution in [2.45, 2.75) is 27.2 Å². The predicted molar refractivity (Wildman–Crippen MR) is 90.6 cm³/mol. The van der Waals surface area contributed by atoms with Crippen LogP contribution in [0.2, 0.25) is 0 Å².